The number of nitrogens with one attached hydrogen (secondary N) is 2. The quantitative estimate of drug-likeness (QED) is 0.522. The van der Waals surface area contributed by atoms with Gasteiger partial charge in [0.2, 0.25) is 0 Å². The highest BCUT2D eigenvalue weighted by Crippen LogP contribution is 2.30. The first-order valence-electron chi connectivity index (χ1n) is 3.84. The van der Waals surface area contributed by atoms with Gasteiger partial charge in [0, 0.05) is 13.6 Å². The fourth-order valence-corrected chi connectivity index (χ4v) is 1.09. The maximum absolute atomic E-state index is 10.7. The summed E-state index contributed by atoms with van der Waals surface area (Å²) in [6.45, 7) is 0.368. The topological polar surface area (TPSA) is 61.4 Å². The molecule has 0 saturated heterocycles. The number of hydrogen-bond donors (Lipinski definition) is 3. The monoisotopic (exact) mass is 158 g/mol. The average molecular weight is 158 g/mol. The number of urea groups is 1. The van der Waals surface area contributed by atoms with Crippen LogP contribution in [-0.4, -0.2) is 30.3 Å². The predicted molar refractivity (Wildman–Crippen MR) is 41.3 cm³/mol. The minimum atomic E-state index is -0.619. The van der Waals surface area contributed by atoms with Crippen molar-refractivity contribution in [3.63, 3.8) is 0 Å². The van der Waals surface area contributed by atoms with Crippen molar-refractivity contribution in [2.75, 3.05) is 13.6 Å². The second kappa shape index (κ2) is 3.09. The molecule has 1 aliphatic rings. The third-order valence-electron chi connectivity index (χ3n) is 2.09. The minimum Gasteiger partial charge on any atom is -0.388 e. The number of carbonyl (C=O) groups is 1. The Balaban J connectivity index is 2.16. The van der Waals surface area contributed by atoms with Crippen molar-refractivity contribution in [3.8, 4) is 0 Å². The number of rotatable bonds is 2. The molecule has 0 aromatic heterocycles. The molecule has 2 amide bonds. The van der Waals surface area contributed by atoms with E-state index >= 15 is 0 Å². The lowest BCUT2D eigenvalue weighted by atomic mass is 9.80. The highest BCUT2D eigenvalue weighted by Gasteiger charge is 2.34. The molecule has 4 heteroatoms. The second-order valence-corrected chi connectivity index (χ2v) is 3.01. The summed E-state index contributed by atoms with van der Waals surface area (Å²) < 4.78 is 0. The Bertz CT molecular complexity index is 155. The highest BCUT2D eigenvalue weighted by atomic mass is 16.3. The van der Waals surface area contributed by atoms with Gasteiger partial charge in [-0.25, -0.2) is 4.79 Å². The van der Waals surface area contributed by atoms with E-state index in [2.05, 4.69) is 10.6 Å². The van der Waals surface area contributed by atoms with Gasteiger partial charge < -0.3 is 15.7 Å². The van der Waals surface area contributed by atoms with E-state index in [0.717, 1.165) is 19.3 Å². The summed E-state index contributed by atoms with van der Waals surface area (Å²) in [5.74, 6) is 0. The zero-order valence-corrected chi connectivity index (χ0v) is 6.68. The summed E-state index contributed by atoms with van der Waals surface area (Å²) in [6, 6.07) is -0.231. The third kappa shape index (κ3) is 2.08. The van der Waals surface area contributed by atoms with Gasteiger partial charge in [-0.1, -0.05) is 0 Å². The van der Waals surface area contributed by atoms with Crippen LogP contribution in [0.2, 0.25) is 0 Å². The van der Waals surface area contributed by atoms with E-state index in [9.17, 15) is 9.90 Å². The molecule has 0 aromatic rings. The summed E-state index contributed by atoms with van der Waals surface area (Å²) in [5, 5.41) is 14.5. The average Bonchev–Trinajstić information content (AvgIpc) is 1.96. The molecule has 0 bridgehead atoms. The maximum atomic E-state index is 10.7. The number of amides is 2. The molecule has 64 valence electrons. The van der Waals surface area contributed by atoms with Gasteiger partial charge in [-0.05, 0) is 19.3 Å². The fourth-order valence-electron chi connectivity index (χ4n) is 1.09. The summed E-state index contributed by atoms with van der Waals surface area (Å²) in [6.07, 6.45) is 2.67. The summed E-state index contributed by atoms with van der Waals surface area (Å²) in [4.78, 5) is 10.7. The Morgan fingerprint density at radius 2 is 2.27 bits per heavy atom. The molecule has 3 N–H and O–H groups in total. The molecule has 1 aliphatic carbocycles. The van der Waals surface area contributed by atoms with E-state index in [1.807, 2.05) is 0 Å². The van der Waals surface area contributed by atoms with Crippen molar-refractivity contribution in [2.45, 2.75) is 24.9 Å². The van der Waals surface area contributed by atoms with E-state index < -0.39 is 5.60 Å². The summed E-state index contributed by atoms with van der Waals surface area (Å²) in [7, 11) is 1.56. The lowest BCUT2D eigenvalue weighted by molar-refractivity contribution is -0.0289. The smallest absolute Gasteiger partial charge is 0.314 e. The molecule has 0 radical (unpaired) electrons. The zero-order chi connectivity index (χ0) is 8.32. The Morgan fingerprint density at radius 3 is 2.64 bits per heavy atom. The van der Waals surface area contributed by atoms with Crippen LogP contribution in [-0.2, 0) is 0 Å². The normalized spacial score (nSPS) is 20.2. The van der Waals surface area contributed by atoms with Crippen LogP contribution in [0.15, 0.2) is 0 Å². The number of carbonyl (C=O) groups excluding carboxylic acids is 1. The Morgan fingerprint density at radius 1 is 1.64 bits per heavy atom. The largest absolute Gasteiger partial charge is 0.388 e. The highest BCUT2D eigenvalue weighted by molar-refractivity contribution is 5.73. The summed E-state index contributed by atoms with van der Waals surface area (Å²) >= 11 is 0. The van der Waals surface area contributed by atoms with E-state index in [-0.39, 0.29) is 6.03 Å². The van der Waals surface area contributed by atoms with E-state index in [1.165, 1.54) is 0 Å². The molecular weight excluding hydrogens is 144 g/mol. The molecule has 0 unspecified atom stereocenters. The molecule has 4 nitrogen and oxygen atoms in total. The number of hydrogen-bond acceptors (Lipinski definition) is 2. The van der Waals surface area contributed by atoms with Crippen LogP contribution in [0.4, 0.5) is 4.79 Å². The third-order valence-corrected chi connectivity index (χ3v) is 2.09. The van der Waals surface area contributed by atoms with Gasteiger partial charge in [-0.15, -0.1) is 0 Å². The Kier molecular flexibility index (Phi) is 2.34. The van der Waals surface area contributed by atoms with Gasteiger partial charge in [0.15, 0.2) is 0 Å². The van der Waals surface area contributed by atoms with E-state index in [1.54, 1.807) is 7.05 Å². The van der Waals surface area contributed by atoms with Crippen LogP contribution in [0.25, 0.3) is 0 Å². The summed E-state index contributed by atoms with van der Waals surface area (Å²) in [5.41, 5.74) is -0.619. The fraction of sp³-hybridized carbons (Fsp3) is 0.857. The van der Waals surface area contributed by atoms with Crippen LogP contribution < -0.4 is 10.6 Å². The first-order chi connectivity index (χ1) is 5.16. The van der Waals surface area contributed by atoms with Gasteiger partial charge in [-0.3, -0.25) is 0 Å². The van der Waals surface area contributed by atoms with Gasteiger partial charge in [0.05, 0.1) is 5.60 Å². The SMILES string of the molecule is CNC(=O)NCC1(O)CCC1. The van der Waals surface area contributed by atoms with E-state index in [0.29, 0.717) is 6.54 Å². The second-order valence-electron chi connectivity index (χ2n) is 3.01. The van der Waals surface area contributed by atoms with Crippen molar-refractivity contribution in [1.29, 1.82) is 0 Å². The maximum Gasteiger partial charge on any atom is 0.314 e. The molecule has 0 aromatic carbocycles. The zero-order valence-electron chi connectivity index (χ0n) is 6.68. The van der Waals surface area contributed by atoms with Crippen molar-refractivity contribution in [2.24, 2.45) is 0 Å². The Hall–Kier alpha value is -0.770. The Labute approximate surface area is 66.0 Å². The molecular formula is C7H14N2O2. The van der Waals surface area contributed by atoms with Crippen LogP contribution in [0, 0.1) is 0 Å². The lowest BCUT2D eigenvalue weighted by Crippen LogP contribution is -2.49. The van der Waals surface area contributed by atoms with Gasteiger partial charge >= 0.3 is 6.03 Å². The molecule has 1 rings (SSSR count). The minimum absolute atomic E-state index is 0.231. The first-order valence-corrected chi connectivity index (χ1v) is 3.84. The lowest BCUT2D eigenvalue weighted by Gasteiger charge is -2.36. The van der Waals surface area contributed by atoms with Gasteiger partial charge in [0.25, 0.3) is 0 Å². The molecule has 11 heavy (non-hydrogen) atoms. The van der Waals surface area contributed by atoms with Crippen LogP contribution in [0.3, 0.4) is 0 Å². The standard InChI is InChI=1S/C7H14N2O2/c1-8-6(10)9-5-7(11)3-2-4-7/h11H,2-5H2,1H3,(H2,8,9,10). The number of aliphatic hydroxyl groups is 1. The van der Waals surface area contributed by atoms with Crippen molar-refractivity contribution in [3.05, 3.63) is 0 Å². The molecule has 0 aliphatic heterocycles. The first kappa shape index (κ1) is 8.33. The predicted octanol–water partition coefficient (Wildman–Crippen LogP) is -0.170. The molecule has 0 heterocycles. The van der Waals surface area contributed by atoms with Gasteiger partial charge in [-0.2, -0.15) is 0 Å². The van der Waals surface area contributed by atoms with Crippen LogP contribution in [0.5, 0.6) is 0 Å². The van der Waals surface area contributed by atoms with Gasteiger partial charge in [0.1, 0.15) is 0 Å². The van der Waals surface area contributed by atoms with Crippen molar-refractivity contribution >= 4 is 6.03 Å². The molecule has 0 spiro atoms. The molecule has 1 saturated carbocycles. The van der Waals surface area contributed by atoms with Crippen LogP contribution in [0.1, 0.15) is 19.3 Å². The van der Waals surface area contributed by atoms with E-state index in [4.69, 9.17) is 0 Å². The molecule has 1 fully saturated rings. The van der Waals surface area contributed by atoms with Crippen LogP contribution >= 0.6 is 0 Å². The van der Waals surface area contributed by atoms with Crippen molar-refractivity contribution in [1.82, 2.24) is 10.6 Å². The molecule has 0 atom stereocenters. The van der Waals surface area contributed by atoms with Crippen molar-refractivity contribution < 1.29 is 9.90 Å².